The van der Waals surface area contributed by atoms with Crippen LogP contribution in [0.2, 0.25) is 13.3 Å². The van der Waals surface area contributed by atoms with E-state index in [1.807, 2.05) is 0 Å². The molecule has 0 saturated carbocycles. The summed E-state index contributed by atoms with van der Waals surface area (Å²) in [6, 6.07) is 8.83. The van der Waals surface area contributed by atoms with E-state index in [1.165, 1.54) is 51.8 Å². The molecule has 1 aromatic rings. The monoisotopic (exact) mass is 467 g/mol. The van der Waals surface area contributed by atoms with Crippen molar-refractivity contribution >= 4 is 27.9 Å². The standard InChI is InChI=1S/C11H14NO.3C4H9.Sn/c1-2-3-9-12-11(13)10-7-5-4-6-8-10;3*1-3-4-2;/h5-8H,2-3,9H2,1H3,(H,12,13);3*1,3-4H2,2H3;. The predicted octanol–water partition coefficient (Wildman–Crippen LogP) is 6.27. The van der Waals surface area contributed by atoms with E-state index in [9.17, 15) is 4.79 Å². The van der Waals surface area contributed by atoms with Crippen molar-refractivity contribution in [2.45, 2.75) is 92.4 Å². The first kappa shape index (κ1) is 23.5. The van der Waals surface area contributed by atoms with Crippen LogP contribution in [0.5, 0.6) is 0 Å². The molecule has 1 N–H and O–H groups in total. The van der Waals surface area contributed by atoms with Crippen LogP contribution in [0, 0.1) is 0 Å². The molecule has 0 fully saturated rings. The van der Waals surface area contributed by atoms with Gasteiger partial charge in [-0.3, -0.25) is 0 Å². The van der Waals surface area contributed by atoms with Crippen LogP contribution in [-0.2, 0) is 0 Å². The summed E-state index contributed by atoms with van der Waals surface area (Å²) in [5.41, 5.74) is 0.825. The first-order valence-corrected chi connectivity index (χ1v) is 18.5. The van der Waals surface area contributed by atoms with Crippen molar-refractivity contribution in [2.24, 2.45) is 0 Å². The molecule has 0 spiro atoms. The number of benzene rings is 1. The summed E-state index contributed by atoms with van der Waals surface area (Å²) in [4.78, 5) is 12.3. The second-order valence-electron chi connectivity index (χ2n) is 7.78. The fourth-order valence-corrected chi connectivity index (χ4v) is 19.7. The molecule has 1 rings (SSSR count). The topological polar surface area (TPSA) is 29.1 Å². The summed E-state index contributed by atoms with van der Waals surface area (Å²) in [6.07, 6.45) is 10.2. The van der Waals surface area contributed by atoms with Crippen molar-refractivity contribution < 1.29 is 4.79 Å². The SMILES string of the molecule is CCCCNC(=O)c1cc[c]([Sn]([CH2]CCC)([CH2]CCC)[CH2]CCC)cc1. The molecule has 0 radical (unpaired) electrons. The summed E-state index contributed by atoms with van der Waals surface area (Å²) in [7, 11) is 0. The summed E-state index contributed by atoms with van der Waals surface area (Å²) in [5.74, 6) is 0.0847. The zero-order valence-corrected chi connectivity index (χ0v) is 20.6. The van der Waals surface area contributed by atoms with Crippen LogP contribution in [0.1, 0.15) is 89.4 Å². The van der Waals surface area contributed by atoms with Gasteiger partial charge in [-0.25, -0.2) is 0 Å². The van der Waals surface area contributed by atoms with Crippen LogP contribution in [0.3, 0.4) is 0 Å². The van der Waals surface area contributed by atoms with Crippen LogP contribution in [0.25, 0.3) is 0 Å². The summed E-state index contributed by atoms with van der Waals surface area (Å²) >= 11 is -2.35. The molecule has 0 atom stereocenters. The maximum absolute atomic E-state index is 12.3. The predicted molar refractivity (Wildman–Crippen MR) is 118 cm³/mol. The molecule has 2 nitrogen and oxygen atoms in total. The van der Waals surface area contributed by atoms with E-state index < -0.39 is 18.4 Å². The zero-order valence-electron chi connectivity index (χ0n) is 17.7. The number of hydrogen-bond acceptors (Lipinski definition) is 1. The second kappa shape index (κ2) is 13.6. The van der Waals surface area contributed by atoms with Gasteiger partial charge in [0.25, 0.3) is 0 Å². The molecule has 0 aliphatic carbocycles. The number of amides is 1. The Bertz CT molecular complexity index is 476. The van der Waals surface area contributed by atoms with Crippen molar-refractivity contribution in [3.8, 4) is 0 Å². The molecule has 0 bridgehead atoms. The third-order valence-electron chi connectivity index (χ3n) is 5.60. The molecule has 1 aromatic carbocycles. The van der Waals surface area contributed by atoms with Crippen LogP contribution in [-0.4, -0.2) is 30.8 Å². The van der Waals surface area contributed by atoms with Gasteiger partial charge < -0.3 is 0 Å². The maximum atomic E-state index is 12.3. The Morgan fingerprint density at radius 2 is 1.23 bits per heavy atom. The van der Waals surface area contributed by atoms with E-state index in [1.54, 1.807) is 3.58 Å². The van der Waals surface area contributed by atoms with Gasteiger partial charge in [0, 0.05) is 0 Å². The number of hydrogen-bond donors (Lipinski definition) is 1. The fourth-order valence-electron chi connectivity index (χ4n) is 3.81. The molecule has 148 valence electrons. The average molecular weight is 466 g/mol. The summed E-state index contributed by atoms with van der Waals surface area (Å²) in [5, 5.41) is 3.04. The Morgan fingerprint density at radius 3 is 1.65 bits per heavy atom. The number of carbonyl (C=O) groups is 1. The van der Waals surface area contributed by atoms with Gasteiger partial charge >= 0.3 is 167 Å². The van der Waals surface area contributed by atoms with Gasteiger partial charge in [0.2, 0.25) is 0 Å². The fraction of sp³-hybridized carbons (Fsp3) is 0.696. The van der Waals surface area contributed by atoms with Crippen LogP contribution in [0.4, 0.5) is 0 Å². The molecular formula is C23H41NOSn. The van der Waals surface area contributed by atoms with E-state index in [0.29, 0.717) is 0 Å². The van der Waals surface area contributed by atoms with Crippen molar-refractivity contribution in [3.63, 3.8) is 0 Å². The Hall–Kier alpha value is -0.511. The molecule has 0 heterocycles. The first-order chi connectivity index (χ1) is 12.6. The van der Waals surface area contributed by atoms with E-state index in [-0.39, 0.29) is 5.91 Å². The van der Waals surface area contributed by atoms with Crippen molar-refractivity contribution in [2.75, 3.05) is 6.54 Å². The van der Waals surface area contributed by atoms with Crippen molar-refractivity contribution in [1.82, 2.24) is 5.32 Å². The van der Waals surface area contributed by atoms with Crippen LogP contribution >= 0.6 is 0 Å². The number of nitrogens with one attached hydrogen (secondary N) is 1. The second-order valence-corrected chi connectivity index (χ2v) is 21.0. The van der Waals surface area contributed by atoms with Gasteiger partial charge in [-0.2, -0.15) is 0 Å². The van der Waals surface area contributed by atoms with E-state index in [2.05, 4.69) is 57.3 Å². The number of unbranched alkanes of at least 4 members (excludes halogenated alkanes) is 4. The van der Waals surface area contributed by atoms with Crippen LogP contribution < -0.4 is 8.90 Å². The quantitative estimate of drug-likeness (QED) is 0.254. The number of rotatable bonds is 14. The number of carbonyl (C=O) groups excluding carboxylic acids is 1. The van der Waals surface area contributed by atoms with Crippen molar-refractivity contribution in [1.29, 1.82) is 0 Å². The molecule has 0 aliphatic heterocycles. The van der Waals surface area contributed by atoms with E-state index in [4.69, 9.17) is 0 Å². The minimum atomic E-state index is -2.35. The van der Waals surface area contributed by atoms with Gasteiger partial charge in [-0.15, -0.1) is 0 Å². The Morgan fingerprint density at radius 1 is 0.769 bits per heavy atom. The molecule has 26 heavy (non-hydrogen) atoms. The molecule has 0 unspecified atom stereocenters. The molecule has 3 heteroatoms. The van der Waals surface area contributed by atoms with Gasteiger partial charge in [0.05, 0.1) is 0 Å². The van der Waals surface area contributed by atoms with E-state index >= 15 is 0 Å². The third kappa shape index (κ3) is 7.62. The Kier molecular flexibility index (Phi) is 12.3. The Balaban J connectivity index is 2.98. The Labute approximate surface area is 166 Å². The van der Waals surface area contributed by atoms with Gasteiger partial charge in [0.1, 0.15) is 0 Å². The molecular weight excluding hydrogens is 425 g/mol. The van der Waals surface area contributed by atoms with Crippen LogP contribution in [0.15, 0.2) is 24.3 Å². The van der Waals surface area contributed by atoms with Gasteiger partial charge in [0.15, 0.2) is 0 Å². The van der Waals surface area contributed by atoms with E-state index in [0.717, 1.165) is 24.9 Å². The molecule has 1 amide bonds. The summed E-state index contributed by atoms with van der Waals surface area (Å²) in [6.45, 7) is 9.89. The third-order valence-corrected chi connectivity index (χ3v) is 21.3. The molecule has 0 aliphatic rings. The van der Waals surface area contributed by atoms with Crippen molar-refractivity contribution in [3.05, 3.63) is 29.8 Å². The normalized spacial score (nSPS) is 11.5. The minimum absolute atomic E-state index is 0.0847. The molecule has 0 saturated heterocycles. The van der Waals surface area contributed by atoms with Gasteiger partial charge in [-0.1, -0.05) is 0 Å². The average Bonchev–Trinajstić information content (AvgIpc) is 2.68. The first-order valence-electron chi connectivity index (χ1n) is 11.0. The van der Waals surface area contributed by atoms with Gasteiger partial charge in [-0.05, 0) is 0 Å². The summed E-state index contributed by atoms with van der Waals surface area (Å²) < 4.78 is 6.09. The molecule has 0 aromatic heterocycles. The zero-order chi connectivity index (χ0) is 19.3.